The van der Waals surface area contributed by atoms with Crippen LogP contribution in [0.2, 0.25) is 18.1 Å². The normalized spacial score (nSPS) is 20.9. The Kier molecular flexibility index (Phi) is 6.46. The largest absolute Gasteiger partial charge is 0.444 e. The second-order valence-electron chi connectivity index (χ2n) is 10.2. The molecule has 0 saturated carbocycles. The van der Waals surface area contributed by atoms with Gasteiger partial charge >= 0.3 is 6.09 Å². The fraction of sp³-hybridized carbons (Fsp3) is 0.636. The summed E-state index contributed by atoms with van der Waals surface area (Å²) >= 11 is 0. The lowest BCUT2D eigenvalue weighted by Gasteiger charge is -2.38. The summed E-state index contributed by atoms with van der Waals surface area (Å²) < 4.78 is 12.3. The molecule has 0 bridgehead atoms. The van der Waals surface area contributed by atoms with Crippen LogP contribution < -0.4 is 0 Å². The molecule has 1 amide bonds. The maximum atomic E-state index is 12.9. The van der Waals surface area contributed by atoms with E-state index < -0.39 is 13.9 Å². The Hall–Kier alpha value is -1.66. The molecule has 0 spiro atoms. The highest BCUT2D eigenvalue weighted by Crippen LogP contribution is 2.41. The third-order valence-electron chi connectivity index (χ3n) is 5.62. The second-order valence-corrected chi connectivity index (χ2v) is 14.9. The van der Waals surface area contributed by atoms with Crippen LogP contribution in [0.3, 0.4) is 0 Å². The fourth-order valence-corrected chi connectivity index (χ4v) is 4.47. The van der Waals surface area contributed by atoms with Gasteiger partial charge in [0.2, 0.25) is 0 Å². The summed E-state index contributed by atoms with van der Waals surface area (Å²) in [6, 6.07) is 7.29. The van der Waals surface area contributed by atoms with Gasteiger partial charge in [0.25, 0.3) is 0 Å². The molecule has 1 aromatic carbocycles. The van der Waals surface area contributed by atoms with Crippen molar-refractivity contribution in [2.75, 3.05) is 6.54 Å². The van der Waals surface area contributed by atoms with Crippen molar-refractivity contribution in [1.82, 2.24) is 4.90 Å². The van der Waals surface area contributed by atoms with E-state index in [4.69, 9.17) is 9.16 Å². The molecule has 0 aliphatic carbocycles. The highest BCUT2D eigenvalue weighted by Gasteiger charge is 2.44. The molecule has 1 aromatic rings. The lowest BCUT2D eigenvalue weighted by atomic mass is 10.0. The highest BCUT2D eigenvalue weighted by atomic mass is 28.4. The van der Waals surface area contributed by atoms with E-state index in [1.165, 1.54) is 0 Å². The summed E-state index contributed by atoms with van der Waals surface area (Å²) in [5.41, 5.74) is 1.07. The molecule has 5 nitrogen and oxygen atoms in total. The van der Waals surface area contributed by atoms with Gasteiger partial charge in [-0.15, -0.1) is 0 Å². The molecule has 1 saturated heterocycles. The van der Waals surface area contributed by atoms with Gasteiger partial charge in [0, 0.05) is 12.1 Å². The van der Waals surface area contributed by atoms with Crippen molar-refractivity contribution in [3.8, 4) is 0 Å². The molecule has 1 aliphatic heterocycles. The van der Waals surface area contributed by atoms with E-state index >= 15 is 0 Å². The number of carbonyl (C=O) groups excluding carboxylic acids is 2. The first-order valence-electron chi connectivity index (χ1n) is 9.96. The van der Waals surface area contributed by atoms with Gasteiger partial charge in [0.05, 0.1) is 12.1 Å². The van der Waals surface area contributed by atoms with Gasteiger partial charge in [-0.05, 0) is 50.9 Å². The van der Waals surface area contributed by atoms with Gasteiger partial charge in [0.1, 0.15) is 11.9 Å². The zero-order valence-electron chi connectivity index (χ0n) is 18.5. The van der Waals surface area contributed by atoms with Crippen LogP contribution >= 0.6 is 0 Å². The van der Waals surface area contributed by atoms with Crippen LogP contribution in [0.4, 0.5) is 4.79 Å². The number of rotatable bonds is 4. The van der Waals surface area contributed by atoms with Crippen molar-refractivity contribution in [1.29, 1.82) is 0 Å². The number of benzene rings is 1. The Morgan fingerprint density at radius 1 is 1.11 bits per heavy atom. The van der Waals surface area contributed by atoms with Crippen molar-refractivity contribution in [3.05, 3.63) is 35.4 Å². The number of hydrogen-bond donors (Lipinski definition) is 0. The number of aldehydes is 1. The van der Waals surface area contributed by atoms with Crippen LogP contribution in [0.1, 0.15) is 69.9 Å². The number of ether oxygens (including phenoxy) is 1. The maximum Gasteiger partial charge on any atom is 0.410 e. The molecule has 2 atom stereocenters. The quantitative estimate of drug-likeness (QED) is 0.485. The van der Waals surface area contributed by atoms with Crippen molar-refractivity contribution in [2.24, 2.45) is 0 Å². The van der Waals surface area contributed by atoms with Crippen molar-refractivity contribution in [2.45, 2.75) is 83.8 Å². The average Bonchev–Trinajstić information content (AvgIpc) is 2.95. The predicted molar refractivity (Wildman–Crippen MR) is 114 cm³/mol. The van der Waals surface area contributed by atoms with Crippen LogP contribution in [0.25, 0.3) is 0 Å². The van der Waals surface area contributed by atoms with E-state index in [2.05, 4.69) is 33.9 Å². The maximum absolute atomic E-state index is 12.9. The molecule has 0 aromatic heterocycles. The first-order valence-corrected chi connectivity index (χ1v) is 12.9. The smallest absolute Gasteiger partial charge is 0.410 e. The molecule has 0 N–H and O–H groups in total. The van der Waals surface area contributed by atoms with Crippen LogP contribution in [0.5, 0.6) is 0 Å². The second kappa shape index (κ2) is 7.99. The van der Waals surface area contributed by atoms with E-state index in [0.717, 1.165) is 18.3 Å². The van der Waals surface area contributed by atoms with E-state index in [0.29, 0.717) is 12.1 Å². The number of carbonyl (C=O) groups is 2. The minimum atomic E-state index is -1.95. The van der Waals surface area contributed by atoms with E-state index in [-0.39, 0.29) is 23.3 Å². The van der Waals surface area contributed by atoms with Crippen molar-refractivity contribution in [3.63, 3.8) is 0 Å². The highest BCUT2D eigenvalue weighted by molar-refractivity contribution is 6.74. The first-order chi connectivity index (χ1) is 12.7. The molecule has 156 valence electrons. The Labute approximate surface area is 170 Å². The van der Waals surface area contributed by atoms with Gasteiger partial charge in [-0.25, -0.2) is 4.79 Å². The molecular formula is C22H35NO4Si. The summed E-state index contributed by atoms with van der Waals surface area (Å²) in [7, 11) is -1.95. The molecule has 28 heavy (non-hydrogen) atoms. The lowest BCUT2D eigenvalue weighted by molar-refractivity contribution is 0.0208. The standard InChI is InChI=1S/C22H35NO4Si/c1-21(2,3)26-20(25)23-14-18(27-28(7,8)22(4,5)6)13-19(23)17-11-9-16(15-24)10-12-17/h9-12,15,18-19H,13-14H2,1-8H3/t18-,19?/m1/s1. The summed E-state index contributed by atoms with van der Waals surface area (Å²) in [6.45, 7) is 17.3. The fourth-order valence-electron chi connectivity index (χ4n) is 3.11. The minimum absolute atomic E-state index is 0.0239. The molecule has 1 heterocycles. The average molecular weight is 406 g/mol. The number of nitrogens with zero attached hydrogens (tertiary/aromatic N) is 1. The molecule has 1 fully saturated rings. The predicted octanol–water partition coefficient (Wildman–Crippen LogP) is 5.57. The van der Waals surface area contributed by atoms with E-state index in [1.807, 2.05) is 32.9 Å². The van der Waals surface area contributed by atoms with Gasteiger partial charge in [-0.1, -0.05) is 45.0 Å². The Bertz CT molecular complexity index is 701. The summed E-state index contributed by atoms with van der Waals surface area (Å²) in [6.07, 6.45) is 1.21. The Morgan fingerprint density at radius 3 is 2.14 bits per heavy atom. The summed E-state index contributed by atoms with van der Waals surface area (Å²) in [5, 5.41) is 0.105. The van der Waals surface area contributed by atoms with Gasteiger partial charge in [0.15, 0.2) is 8.32 Å². The van der Waals surface area contributed by atoms with Crippen LogP contribution in [-0.4, -0.2) is 43.8 Å². The molecule has 1 unspecified atom stereocenters. The monoisotopic (exact) mass is 405 g/mol. The number of likely N-dealkylation sites (tertiary alicyclic amines) is 1. The zero-order valence-corrected chi connectivity index (χ0v) is 19.5. The molecule has 2 rings (SSSR count). The summed E-state index contributed by atoms with van der Waals surface area (Å²) in [5.74, 6) is 0. The van der Waals surface area contributed by atoms with Gasteiger partial charge < -0.3 is 9.16 Å². The molecule has 1 aliphatic rings. The van der Waals surface area contributed by atoms with E-state index in [9.17, 15) is 9.59 Å². The lowest BCUT2D eigenvalue weighted by Crippen LogP contribution is -2.45. The third-order valence-corrected chi connectivity index (χ3v) is 10.2. The molecular weight excluding hydrogens is 370 g/mol. The topological polar surface area (TPSA) is 55.8 Å². The summed E-state index contributed by atoms with van der Waals surface area (Å²) in [4.78, 5) is 25.6. The minimum Gasteiger partial charge on any atom is -0.444 e. The first kappa shape index (κ1) is 22.6. The Morgan fingerprint density at radius 2 is 1.68 bits per heavy atom. The van der Waals surface area contributed by atoms with Crippen molar-refractivity contribution >= 4 is 20.7 Å². The van der Waals surface area contributed by atoms with Crippen LogP contribution in [0.15, 0.2) is 24.3 Å². The zero-order chi connectivity index (χ0) is 21.3. The van der Waals surface area contributed by atoms with Crippen molar-refractivity contribution < 1.29 is 18.8 Å². The number of hydrogen-bond acceptors (Lipinski definition) is 4. The molecule has 6 heteroatoms. The van der Waals surface area contributed by atoms with Crippen LogP contribution in [-0.2, 0) is 9.16 Å². The Balaban J connectivity index is 2.27. The number of amides is 1. The van der Waals surface area contributed by atoms with Gasteiger partial charge in [-0.3, -0.25) is 9.69 Å². The third kappa shape index (κ3) is 5.45. The molecule has 0 radical (unpaired) electrons. The van der Waals surface area contributed by atoms with E-state index in [1.54, 1.807) is 17.0 Å². The van der Waals surface area contributed by atoms with Gasteiger partial charge in [-0.2, -0.15) is 0 Å². The SMILES string of the molecule is CC(C)(C)OC(=O)N1C[C@H](O[Si](C)(C)C(C)(C)C)CC1c1ccc(C=O)cc1. The van der Waals surface area contributed by atoms with Crippen LogP contribution in [0, 0.1) is 0 Å².